The summed E-state index contributed by atoms with van der Waals surface area (Å²) in [6.07, 6.45) is 1.92. The third-order valence-electron chi connectivity index (χ3n) is 8.64. The number of fused-ring (bicyclic) bond motifs is 6. The minimum absolute atomic E-state index is 0.0796. The van der Waals surface area contributed by atoms with E-state index in [1.54, 1.807) is 0 Å². The molecule has 3 heterocycles. The van der Waals surface area contributed by atoms with Crippen molar-refractivity contribution in [3.8, 4) is 5.69 Å². The molecule has 0 fully saturated rings. The normalized spacial score (nSPS) is 13.6. The van der Waals surface area contributed by atoms with Crippen LogP contribution in [-0.4, -0.2) is 9.55 Å². The van der Waals surface area contributed by atoms with Crippen LogP contribution >= 0.6 is 0 Å². The molecule has 5 aromatic carbocycles. The first-order valence-corrected chi connectivity index (χ1v) is 13.9. The van der Waals surface area contributed by atoms with Crippen molar-refractivity contribution in [2.75, 3.05) is 4.90 Å². The monoisotopic (exact) mass is 515 g/mol. The Balaban J connectivity index is 1.45. The molecule has 8 rings (SSSR count). The summed E-state index contributed by atoms with van der Waals surface area (Å²) in [5.41, 5.74) is 9.87. The van der Waals surface area contributed by atoms with E-state index >= 15 is 0 Å². The SMILES string of the molecule is Cc1cccc(N(c2ccc3c(c2)c2cccc4c2n3-c2ccccc2C4(C)C)c2nccc3ccccc23)c1. The zero-order chi connectivity index (χ0) is 27.0. The Kier molecular flexibility index (Phi) is 4.78. The van der Waals surface area contributed by atoms with Crippen molar-refractivity contribution in [1.29, 1.82) is 0 Å². The van der Waals surface area contributed by atoms with Crippen LogP contribution in [0.2, 0.25) is 0 Å². The molecule has 0 saturated carbocycles. The number of nitrogens with zero attached hydrogens (tertiary/aromatic N) is 3. The van der Waals surface area contributed by atoms with Gasteiger partial charge in [-0.3, -0.25) is 4.90 Å². The largest absolute Gasteiger partial charge is 0.309 e. The predicted molar refractivity (Wildman–Crippen MR) is 168 cm³/mol. The van der Waals surface area contributed by atoms with E-state index in [2.05, 4.69) is 145 Å². The second kappa shape index (κ2) is 8.30. The summed E-state index contributed by atoms with van der Waals surface area (Å²) in [4.78, 5) is 7.25. The van der Waals surface area contributed by atoms with Crippen LogP contribution in [0.4, 0.5) is 17.2 Å². The third-order valence-corrected chi connectivity index (χ3v) is 8.64. The van der Waals surface area contributed by atoms with E-state index in [1.807, 2.05) is 6.20 Å². The number of para-hydroxylation sites is 2. The lowest BCUT2D eigenvalue weighted by atomic mass is 9.75. The van der Waals surface area contributed by atoms with E-state index in [0.29, 0.717) is 0 Å². The molecular weight excluding hydrogens is 486 g/mol. The van der Waals surface area contributed by atoms with Gasteiger partial charge in [-0.05, 0) is 71.5 Å². The lowest BCUT2D eigenvalue weighted by molar-refractivity contribution is 0.630. The Morgan fingerprint density at radius 3 is 2.30 bits per heavy atom. The standard InChI is InChI=1S/C37H29N3/c1-24-10-8-12-26(22-24)39(36-28-13-5-4-11-25(28)20-21-38-36)27-18-19-33-30(23-27)29-14-9-16-32-35(29)40(33)34-17-7-6-15-31(34)37(32,2)3/h4-23H,1-3H3. The highest BCUT2D eigenvalue weighted by Gasteiger charge is 2.34. The summed E-state index contributed by atoms with van der Waals surface area (Å²) < 4.78 is 2.47. The Morgan fingerprint density at radius 2 is 1.40 bits per heavy atom. The Bertz CT molecular complexity index is 2110. The van der Waals surface area contributed by atoms with E-state index < -0.39 is 0 Å². The Morgan fingerprint density at radius 1 is 0.650 bits per heavy atom. The summed E-state index contributed by atoms with van der Waals surface area (Å²) in [5.74, 6) is 0.934. The number of pyridine rings is 1. The van der Waals surface area contributed by atoms with Gasteiger partial charge in [0.05, 0.1) is 16.7 Å². The van der Waals surface area contributed by atoms with Crippen LogP contribution in [0.3, 0.4) is 0 Å². The van der Waals surface area contributed by atoms with Crippen molar-refractivity contribution in [3.63, 3.8) is 0 Å². The summed E-state index contributed by atoms with van der Waals surface area (Å²) in [5, 5.41) is 4.84. The fraction of sp³-hybridized carbons (Fsp3) is 0.108. The molecule has 0 aliphatic carbocycles. The number of hydrogen-bond donors (Lipinski definition) is 0. The molecule has 0 unspecified atom stereocenters. The fourth-order valence-corrected chi connectivity index (χ4v) is 6.74. The molecule has 0 atom stereocenters. The average Bonchev–Trinajstić information content (AvgIpc) is 3.31. The summed E-state index contributed by atoms with van der Waals surface area (Å²) >= 11 is 0. The molecule has 1 aliphatic heterocycles. The van der Waals surface area contributed by atoms with Crippen molar-refractivity contribution >= 4 is 49.8 Å². The topological polar surface area (TPSA) is 21.1 Å². The minimum Gasteiger partial charge on any atom is -0.309 e. The molecular formula is C37H29N3. The maximum absolute atomic E-state index is 4.95. The predicted octanol–water partition coefficient (Wildman–Crippen LogP) is 9.75. The van der Waals surface area contributed by atoms with Gasteiger partial charge >= 0.3 is 0 Å². The molecule has 3 heteroatoms. The van der Waals surface area contributed by atoms with Gasteiger partial charge < -0.3 is 4.57 Å². The molecule has 0 amide bonds. The second-order valence-electron chi connectivity index (χ2n) is 11.4. The van der Waals surface area contributed by atoms with Crippen molar-refractivity contribution < 1.29 is 0 Å². The highest BCUT2D eigenvalue weighted by atomic mass is 15.2. The van der Waals surface area contributed by atoms with Gasteiger partial charge in [-0.15, -0.1) is 0 Å². The summed E-state index contributed by atoms with van der Waals surface area (Å²) in [6.45, 7) is 6.84. The number of rotatable bonds is 3. The number of aromatic nitrogens is 2. The molecule has 7 aromatic rings. The lowest BCUT2D eigenvalue weighted by Gasteiger charge is -2.34. The Labute approximate surface area is 234 Å². The number of anilines is 3. The van der Waals surface area contributed by atoms with Gasteiger partial charge in [-0.1, -0.05) is 86.6 Å². The molecule has 0 spiro atoms. The van der Waals surface area contributed by atoms with Crippen LogP contribution in [0.15, 0.2) is 121 Å². The number of hydrogen-bond acceptors (Lipinski definition) is 2. The first-order chi connectivity index (χ1) is 19.5. The van der Waals surface area contributed by atoms with Gasteiger partial charge in [0.25, 0.3) is 0 Å². The van der Waals surface area contributed by atoms with E-state index in [1.165, 1.54) is 49.6 Å². The van der Waals surface area contributed by atoms with Crippen LogP contribution in [-0.2, 0) is 5.41 Å². The van der Waals surface area contributed by atoms with Crippen molar-refractivity contribution in [3.05, 3.63) is 138 Å². The van der Waals surface area contributed by atoms with Gasteiger partial charge in [0.15, 0.2) is 0 Å². The maximum atomic E-state index is 4.95. The lowest BCUT2D eigenvalue weighted by Crippen LogP contribution is -2.26. The smallest absolute Gasteiger partial charge is 0.145 e. The fourth-order valence-electron chi connectivity index (χ4n) is 6.74. The van der Waals surface area contributed by atoms with E-state index in [0.717, 1.165) is 22.6 Å². The second-order valence-corrected chi connectivity index (χ2v) is 11.4. The molecule has 1 aliphatic rings. The first kappa shape index (κ1) is 23.0. The van der Waals surface area contributed by atoms with Gasteiger partial charge in [-0.25, -0.2) is 4.98 Å². The quantitative estimate of drug-likeness (QED) is 0.233. The van der Waals surface area contributed by atoms with Gasteiger partial charge in [0.1, 0.15) is 5.82 Å². The maximum Gasteiger partial charge on any atom is 0.145 e. The summed E-state index contributed by atoms with van der Waals surface area (Å²) in [7, 11) is 0. The van der Waals surface area contributed by atoms with Gasteiger partial charge in [0, 0.05) is 39.1 Å². The third kappa shape index (κ3) is 3.15. The van der Waals surface area contributed by atoms with E-state index in [4.69, 9.17) is 4.98 Å². The zero-order valence-corrected chi connectivity index (χ0v) is 22.9. The van der Waals surface area contributed by atoms with Crippen LogP contribution in [0, 0.1) is 6.92 Å². The number of benzene rings is 5. The summed E-state index contributed by atoms with van der Waals surface area (Å²) in [6, 6.07) is 41.8. The van der Waals surface area contributed by atoms with E-state index in [9.17, 15) is 0 Å². The van der Waals surface area contributed by atoms with Crippen molar-refractivity contribution in [2.45, 2.75) is 26.2 Å². The first-order valence-electron chi connectivity index (χ1n) is 13.9. The molecule has 3 nitrogen and oxygen atoms in total. The molecule has 2 aromatic heterocycles. The zero-order valence-electron chi connectivity index (χ0n) is 22.9. The minimum atomic E-state index is -0.0796. The van der Waals surface area contributed by atoms with Crippen LogP contribution in [0.25, 0.3) is 38.3 Å². The van der Waals surface area contributed by atoms with Crippen molar-refractivity contribution in [2.24, 2.45) is 0 Å². The molecule has 0 radical (unpaired) electrons. The van der Waals surface area contributed by atoms with Gasteiger partial charge in [-0.2, -0.15) is 0 Å². The Hall–Kier alpha value is -4.89. The van der Waals surface area contributed by atoms with Crippen LogP contribution < -0.4 is 4.90 Å². The average molecular weight is 516 g/mol. The van der Waals surface area contributed by atoms with E-state index in [-0.39, 0.29) is 5.41 Å². The highest BCUT2D eigenvalue weighted by molar-refractivity contribution is 6.13. The highest BCUT2D eigenvalue weighted by Crippen LogP contribution is 2.48. The number of aryl methyl sites for hydroxylation is 1. The molecule has 0 saturated heterocycles. The van der Waals surface area contributed by atoms with Gasteiger partial charge in [0.2, 0.25) is 0 Å². The van der Waals surface area contributed by atoms with Crippen molar-refractivity contribution in [1.82, 2.24) is 9.55 Å². The van der Waals surface area contributed by atoms with Crippen LogP contribution in [0.1, 0.15) is 30.5 Å². The van der Waals surface area contributed by atoms with Crippen LogP contribution in [0.5, 0.6) is 0 Å². The molecule has 0 N–H and O–H groups in total. The molecule has 40 heavy (non-hydrogen) atoms. The molecule has 192 valence electrons. The molecule has 0 bridgehead atoms.